The molecule has 0 amide bonds. The Kier molecular flexibility index (Phi) is 2.98. The maximum atomic E-state index is 4.61. The van der Waals surface area contributed by atoms with Gasteiger partial charge in [0.05, 0.1) is 0 Å². The highest BCUT2D eigenvalue weighted by atomic mass is 15.0. The number of fused-ring (bicyclic) bond motifs is 1. The first-order chi connectivity index (χ1) is 8.88. The van der Waals surface area contributed by atoms with Crippen LogP contribution in [0.2, 0.25) is 0 Å². The summed E-state index contributed by atoms with van der Waals surface area (Å²) in [6.45, 7) is 0. The zero-order valence-corrected chi connectivity index (χ0v) is 10.3. The Hall–Kier alpha value is -1.88. The lowest BCUT2D eigenvalue weighted by Crippen LogP contribution is -2.23. The van der Waals surface area contributed by atoms with Crippen LogP contribution in [0.15, 0.2) is 24.7 Å². The summed E-state index contributed by atoms with van der Waals surface area (Å²) >= 11 is 0. The predicted molar refractivity (Wildman–Crippen MR) is 67.8 cm³/mol. The first-order valence-corrected chi connectivity index (χ1v) is 6.19. The van der Waals surface area contributed by atoms with E-state index in [2.05, 4.69) is 25.3 Å². The van der Waals surface area contributed by atoms with E-state index in [0.29, 0.717) is 17.7 Å². The Balaban J connectivity index is 2.01. The van der Waals surface area contributed by atoms with Gasteiger partial charge in [0.1, 0.15) is 0 Å². The minimum Gasteiger partial charge on any atom is -0.313 e. The standard InChI is InChI=1S/C13H15N5/c1-14-10-4-2-5-11-9(10)8-17-13(18-11)12-15-6-3-7-16-12/h3,6-8,10,14H,2,4-5H2,1H3. The number of aromatic nitrogens is 4. The maximum absolute atomic E-state index is 4.61. The van der Waals surface area contributed by atoms with E-state index in [9.17, 15) is 0 Å². The van der Waals surface area contributed by atoms with Gasteiger partial charge >= 0.3 is 0 Å². The number of aryl methyl sites for hydroxylation is 1. The zero-order chi connectivity index (χ0) is 12.4. The van der Waals surface area contributed by atoms with Crippen LogP contribution in [-0.4, -0.2) is 27.0 Å². The average Bonchev–Trinajstić information content (AvgIpc) is 2.47. The van der Waals surface area contributed by atoms with Gasteiger partial charge in [-0.2, -0.15) is 0 Å². The van der Waals surface area contributed by atoms with Gasteiger partial charge in [0.2, 0.25) is 0 Å². The predicted octanol–water partition coefficient (Wildman–Crippen LogP) is 1.53. The molecule has 18 heavy (non-hydrogen) atoms. The molecule has 2 aromatic rings. The summed E-state index contributed by atoms with van der Waals surface area (Å²) in [5.41, 5.74) is 2.33. The van der Waals surface area contributed by atoms with Crippen LogP contribution in [0.5, 0.6) is 0 Å². The largest absolute Gasteiger partial charge is 0.313 e. The molecule has 0 saturated carbocycles. The van der Waals surface area contributed by atoms with Gasteiger partial charge in [-0.15, -0.1) is 0 Å². The van der Waals surface area contributed by atoms with Crippen molar-refractivity contribution in [3.8, 4) is 11.6 Å². The summed E-state index contributed by atoms with van der Waals surface area (Å²) in [5.74, 6) is 1.21. The van der Waals surface area contributed by atoms with E-state index >= 15 is 0 Å². The molecule has 1 unspecified atom stereocenters. The molecule has 5 nitrogen and oxygen atoms in total. The molecule has 0 fully saturated rings. The number of hydrogen-bond donors (Lipinski definition) is 1. The highest BCUT2D eigenvalue weighted by molar-refractivity contribution is 5.43. The van der Waals surface area contributed by atoms with Crippen LogP contribution >= 0.6 is 0 Å². The molecular formula is C13H15N5. The first kappa shape index (κ1) is 11.2. The second kappa shape index (κ2) is 4.78. The molecule has 0 bridgehead atoms. The van der Waals surface area contributed by atoms with Gasteiger partial charge in [0, 0.05) is 35.9 Å². The third kappa shape index (κ3) is 1.97. The van der Waals surface area contributed by atoms with Crippen LogP contribution < -0.4 is 5.32 Å². The van der Waals surface area contributed by atoms with E-state index in [1.54, 1.807) is 18.5 Å². The van der Waals surface area contributed by atoms with Crippen molar-refractivity contribution in [3.05, 3.63) is 35.9 Å². The smallest absolute Gasteiger partial charge is 0.197 e. The minimum absolute atomic E-state index is 0.375. The molecule has 0 saturated heterocycles. The third-order valence-electron chi connectivity index (χ3n) is 3.30. The topological polar surface area (TPSA) is 63.6 Å². The molecule has 1 atom stereocenters. The fourth-order valence-electron chi connectivity index (χ4n) is 2.37. The van der Waals surface area contributed by atoms with E-state index in [-0.39, 0.29) is 0 Å². The Morgan fingerprint density at radius 2 is 2.00 bits per heavy atom. The molecule has 1 aliphatic carbocycles. The van der Waals surface area contributed by atoms with Crippen LogP contribution in [-0.2, 0) is 6.42 Å². The summed E-state index contributed by atoms with van der Waals surface area (Å²) in [5, 5.41) is 3.31. The van der Waals surface area contributed by atoms with Crippen molar-refractivity contribution >= 4 is 0 Å². The Morgan fingerprint density at radius 3 is 2.78 bits per heavy atom. The van der Waals surface area contributed by atoms with Gasteiger partial charge in [0.15, 0.2) is 11.6 Å². The van der Waals surface area contributed by atoms with Gasteiger partial charge in [0.25, 0.3) is 0 Å². The molecule has 2 aromatic heterocycles. The minimum atomic E-state index is 0.375. The molecule has 1 aliphatic rings. The Morgan fingerprint density at radius 1 is 1.17 bits per heavy atom. The molecule has 3 rings (SSSR count). The summed E-state index contributed by atoms with van der Waals surface area (Å²) in [4.78, 5) is 17.4. The molecule has 0 spiro atoms. The second-order valence-electron chi connectivity index (χ2n) is 4.40. The summed E-state index contributed by atoms with van der Waals surface area (Å²) in [7, 11) is 1.98. The second-order valence-corrected chi connectivity index (χ2v) is 4.40. The van der Waals surface area contributed by atoms with Crippen molar-refractivity contribution in [2.45, 2.75) is 25.3 Å². The lowest BCUT2D eigenvalue weighted by atomic mass is 9.92. The fraction of sp³-hybridized carbons (Fsp3) is 0.385. The lowest BCUT2D eigenvalue weighted by Gasteiger charge is -2.23. The highest BCUT2D eigenvalue weighted by Crippen LogP contribution is 2.28. The Bertz CT molecular complexity index is 540. The van der Waals surface area contributed by atoms with Crippen molar-refractivity contribution in [2.24, 2.45) is 0 Å². The van der Waals surface area contributed by atoms with Gasteiger partial charge < -0.3 is 5.32 Å². The first-order valence-electron chi connectivity index (χ1n) is 6.19. The molecule has 2 heterocycles. The van der Waals surface area contributed by atoms with Crippen LogP contribution in [0.25, 0.3) is 11.6 Å². The van der Waals surface area contributed by atoms with Crippen molar-refractivity contribution in [1.29, 1.82) is 0 Å². The van der Waals surface area contributed by atoms with Gasteiger partial charge in [-0.25, -0.2) is 19.9 Å². The Labute approximate surface area is 106 Å². The molecular weight excluding hydrogens is 226 g/mol. The van der Waals surface area contributed by atoms with Gasteiger partial charge in [-0.3, -0.25) is 0 Å². The number of hydrogen-bond acceptors (Lipinski definition) is 5. The highest BCUT2D eigenvalue weighted by Gasteiger charge is 2.21. The molecule has 1 N–H and O–H groups in total. The molecule has 92 valence electrons. The van der Waals surface area contributed by atoms with Crippen LogP contribution in [0, 0.1) is 0 Å². The average molecular weight is 241 g/mol. The molecule has 0 aliphatic heterocycles. The van der Waals surface area contributed by atoms with Gasteiger partial charge in [-0.05, 0) is 32.4 Å². The number of nitrogens with one attached hydrogen (secondary N) is 1. The maximum Gasteiger partial charge on any atom is 0.197 e. The van der Waals surface area contributed by atoms with Crippen molar-refractivity contribution < 1.29 is 0 Å². The summed E-state index contributed by atoms with van der Waals surface area (Å²) < 4.78 is 0. The summed E-state index contributed by atoms with van der Waals surface area (Å²) in [6, 6.07) is 2.17. The number of rotatable bonds is 2. The molecule has 5 heteroatoms. The SMILES string of the molecule is CNC1CCCc2nc(-c3ncccn3)ncc21. The van der Waals surface area contributed by atoms with Crippen LogP contribution in [0.4, 0.5) is 0 Å². The molecule has 0 aromatic carbocycles. The van der Waals surface area contributed by atoms with Crippen LogP contribution in [0.3, 0.4) is 0 Å². The van der Waals surface area contributed by atoms with Crippen molar-refractivity contribution in [1.82, 2.24) is 25.3 Å². The monoisotopic (exact) mass is 241 g/mol. The van der Waals surface area contributed by atoms with E-state index in [1.165, 1.54) is 5.56 Å². The van der Waals surface area contributed by atoms with Gasteiger partial charge in [-0.1, -0.05) is 0 Å². The van der Waals surface area contributed by atoms with Crippen LogP contribution in [0.1, 0.15) is 30.1 Å². The quantitative estimate of drug-likeness (QED) is 0.863. The van der Waals surface area contributed by atoms with Crippen molar-refractivity contribution in [3.63, 3.8) is 0 Å². The number of nitrogens with zero attached hydrogens (tertiary/aromatic N) is 4. The fourth-order valence-corrected chi connectivity index (χ4v) is 2.37. The normalized spacial score (nSPS) is 18.4. The lowest BCUT2D eigenvalue weighted by molar-refractivity contribution is 0.487. The zero-order valence-electron chi connectivity index (χ0n) is 10.3. The van der Waals surface area contributed by atoms with E-state index < -0.39 is 0 Å². The summed E-state index contributed by atoms with van der Waals surface area (Å²) in [6.07, 6.45) is 8.64. The molecule has 0 radical (unpaired) electrons. The van der Waals surface area contributed by atoms with E-state index in [0.717, 1.165) is 25.0 Å². The third-order valence-corrected chi connectivity index (χ3v) is 3.30. The van der Waals surface area contributed by atoms with E-state index in [1.807, 2.05) is 13.2 Å². The van der Waals surface area contributed by atoms with Crippen molar-refractivity contribution in [2.75, 3.05) is 7.05 Å². The van der Waals surface area contributed by atoms with E-state index in [4.69, 9.17) is 0 Å².